The van der Waals surface area contributed by atoms with Crippen LogP contribution in [0, 0.1) is 0 Å². The number of methoxy groups -OCH3 is 1. The van der Waals surface area contributed by atoms with Crippen LogP contribution in [0.15, 0.2) is 60.7 Å². The van der Waals surface area contributed by atoms with E-state index in [0.29, 0.717) is 13.2 Å². The summed E-state index contributed by atoms with van der Waals surface area (Å²) in [5.74, 6) is 0. The summed E-state index contributed by atoms with van der Waals surface area (Å²) in [6.45, 7) is 1.04. The predicted octanol–water partition coefficient (Wildman–Crippen LogP) is 1.88. The fourth-order valence-corrected chi connectivity index (χ4v) is 3.13. The fraction of sp³-hybridized carbons (Fsp3) is 0.429. The zero-order valence-corrected chi connectivity index (χ0v) is 15.3. The molecule has 1 unspecified atom stereocenters. The molecule has 1 aliphatic rings. The molecule has 0 aromatic heterocycles. The summed E-state index contributed by atoms with van der Waals surface area (Å²) in [6.07, 6.45) is -4.28. The van der Waals surface area contributed by atoms with Crippen molar-refractivity contribution < 1.29 is 29.2 Å². The van der Waals surface area contributed by atoms with Crippen LogP contribution in [0.1, 0.15) is 11.1 Å². The van der Waals surface area contributed by atoms with Crippen LogP contribution in [0.4, 0.5) is 0 Å². The molecule has 0 radical (unpaired) electrons. The van der Waals surface area contributed by atoms with Gasteiger partial charge in [-0.25, -0.2) is 0 Å². The Morgan fingerprint density at radius 2 is 1.52 bits per heavy atom. The average molecular weight is 374 g/mol. The molecule has 0 amide bonds. The summed E-state index contributed by atoms with van der Waals surface area (Å²) in [5, 5.41) is 19.9. The van der Waals surface area contributed by atoms with Crippen LogP contribution in [0.25, 0.3) is 0 Å². The minimum absolute atomic E-state index is 0.242. The van der Waals surface area contributed by atoms with Crippen LogP contribution in [0.3, 0.4) is 0 Å². The minimum atomic E-state index is -1.31. The quantitative estimate of drug-likeness (QED) is 0.698. The minimum Gasteiger partial charge on any atom is -0.385 e. The summed E-state index contributed by atoms with van der Waals surface area (Å²) < 4.78 is 22.7. The van der Waals surface area contributed by atoms with Crippen molar-refractivity contribution in [3.63, 3.8) is 0 Å². The van der Waals surface area contributed by atoms with Gasteiger partial charge < -0.3 is 29.2 Å². The second kappa shape index (κ2) is 9.94. The van der Waals surface area contributed by atoms with E-state index in [0.717, 1.165) is 11.1 Å². The van der Waals surface area contributed by atoms with E-state index in [9.17, 15) is 10.2 Å². The van der Waals surface area contributed by atoms with E-state index in [1.807, 2.05) is 60.7 Å². The lowest BCUT2D eigenvalue weighted by Gasteiger charge is -2.27. The number of rotatable bonds is 9. The van der Waals surface area contributed by atoms with Gasteiger partial charge in [0.05, 0.1) is 19.8 Å². The highest BCUT2D eigenvalue weighted by Crippen LogP contribution is 2.27. The molecule has 5 atom stereocenters. The monoisotopic (exact) mass is 374 g/mol. The lowest BCUT2D eigenvalue weighted by Crippen LogP contribution is -2.43. The maximum absolute atomic E-state index is 10.1. The van der Waals surface area contributed by atoms with Gasteiger partial charge in [-0.2, -0.15) is 0 Å². The van der Waals surface area contributed by atoms with Crippen LogP contribution < -0.4 is 0 Å². The Kier molecular flexibility index (Phi) is 7.34. The summed E-state index contributed by atoms with van der Waals surface area (Å²) in [4.78, 5) is 0. The van der Waals surface area contributed by atoms with Crippen molar-refractivity contribution in [2.24, 2.45) is 0 Å². The Bertz CT molecular complexity index is 665. The maximum Gasteiger partial charge on any atom is 0.184 e. The SMILES string of the molecule is CO[C@H]1[C@@H]([C@@H](COCc2ccccc2)OCc2ccccc2)OC(O)[C@@H]1O. The van der Waals surface area contributed by atoms with Gasteiger partial charge in [-0.15, -0.1) is 0 Å². The van der Waals surface area contributed by atoms with E-state index in [4.69, 9.17) is 18.9 Å². The number of aliphatic hydroxyl groups excluding tert-OH is 2. The third-order valence-electron chi connectivity index (χ3n) is 4.59. The molecule has 146 valence electrons. The van der Waals surface area contributed by atoms with Crippen molar-refractivity contribution >= 4 is 0 Å². The summed E-state index contributed by atoms with van der Waals surface area (Å²) in [7, 11) is 1.47. The van der Waals surface area contributed by atoms with Crippen LogP contribution in [0.5, 0.6) is 0 Å². The number of hydrogen-bond donors (Lipinski definition) is 2. The number of aliphatic hydroxyl groups is 2. The lowest BCUT2D eigenvalue weighted by molar-refractivity contribution is -0.168. The Morgan fingerprint density at radius 1 is 0.926 bits per heavy atom. The predicted molar refractivity (Wildman–Crippen MR) is 98.8 cm³/mol. The summed E-state index contributed by atoms with van der Waals surface area (Å²) in [6, 6.07) is 19.6. The number of ether oxygens (including phenoxy) is 4. The summed E-state index contributed by atoms with van der Waals surface area (Å²) >= 11 is 0. The Balaban J connectivity index is 1.64. The molecule has 6 heteroatoms. The third-order valence-corrected chi connectivity index (χ3v) is 4.59. The number of benzene rings is 2. The highest BCUT2D eigenvalue weighted by molar-refractivity contribution is 5.14. The van der Waals surface area contributed by atoms with Gasteiger partial charge in [-0.1, -0.05) is 60.7 Å². The van der Waals surface area contributed by atoms with E-state index in [1.54, 1.807) is 0 Å². The molecule has 1 fully saturated rings. The van der Waals surface area contributed by atoms with Gasteiger partial charge in [0.25, 0.3) is 0 Å². The largest absolute Gasteiger partial charge is 0.385 e. The van der Waals surface area contributed by atoms with Crippen molar-refractivity contribution in [2.75, 3.05) is 13.7 Å². The van der Waals surface area contributed by atoms with Gasteiger partial charge in [0, 0.05) is 7.11 Å². The van der Waals surface area contributed by atoms with Crippen molar-refractivity contribution in [1.82, 2.24) is 0 Å². The summed E-state index contributed by atoms with van der Waals surface area (Å²) in [5.41, 5.74) is 2.06. The first kappa shape index (κ1) is 19.9. The zero-order chi connectivity index (χ0) is 19.1. The molecule has 0 saturated carbocycles. The van der Waals surface area contributed by atoms with Crippen molar-refractivity contribution in [3.05, 3.63) is 71.8 Å². The van der Waals surface area contributed by atoms with E-state index >= 15 is 0 Å². The molecule has 0 spiro atoms. The van der Waals surface area contributed by atoms with Gasteiger partial charge >= 0.3 is 0 Å². The van der Waals surface area contributed by atoms with Gasteiger partial charge in [0.15, 0.2) is 6.29 Å². The topological polar surface area (TPSA) is 77.4 Å². The van der Waals surface area contributed by atoms with E-state index in [2.05, 4.69) is 0 Å². The van der Waals surface area contributed by atoms with Gasteiger partial charge in [0.2, 0.25) is 0 Å². The van der Waals surface area contributed by atoms with Gasteiger partial charge in [-0.3, -0.25) is 0 Å². The molecule has 1 saturated heterocycles. The Hall–Kier alpha value is -1.80. The van der Waals surface area contributed by atoms with Crippen LogP contribution in [0.2, 0.25) is 0 Å². The molecule has 0 aliphatic carbocycles. The first-order chi connectivity index (χ1) is 13.2. The van der Waals surface area contributed by atoms with Crippen LogP contribution >= 0.6 is 0 Å². The molecule has 2 aromatic rings. The highest BCUT2D eigenvalue weighted by Gasteiger charge is 2.47. The molecular formula is C21H26O6. The Morgan fingerprint density at radius 3 is 2.11 bits per heavy atom. The second-order valence-electron chi connectivity index (χ2n) is 6.52. The van der Waals surface area contributed by atoms with E-state index in [-0.39, 0.29) is 6.61 Å². The van der Waals surface area contributed by atoms with Crippen LogP contribution in [-0.4, -0.2) is 54.6 Å². The van der Waals surface area contributed by atoms with Gasteiger partial charge in [-0.05, 0) is 11.1 Å². The fourth-order valence-electron chi connectivity index (χ4n) is 3.13. The van der Waals surface area contributed by atoms with E-state index < -0.39 is 30.7 Å². The van der Waals surface area contributed by atoms with Crippen molar-refractivity contribution in [3.8, 4) is 0 Å². The maximum atomic E-state index is 10.1. The standard InChI is InChI=1S/C21H26O6/c1-24-20-18(22)21(23)27-19(20)17(26-13-16-10-6-3-7-11-16)14-25-12-15-8-4-2-5-9-15/h2-11,17-23H,12-14H2,1H3/t17-,18-,19-,20-,21?/m1/s1. The molecule has 2 N–H and O–H groups in total. The van der Waals surface area contributed by atoms with Crippen molar-refractivity contribution in [1.29, 1.82) is 0 Å². The smallest absolute Gasteiger partial charge is 0.184 e. The zero-order valence-electron chi connectivity index (χ0n) is 15.3. The second-order valence-corrected chi connectivity index (χ2v) is 6.52. The highest BCUT2D eigenvalue weighted by atomic mass is 16.7. The number of hydrogen-bond acceptors (Lipinski definition) is 6. The molecule has 1 heterocycles. The average Bonchev–Trinajstić information content (AvgIpc) is 3.00. The lowest BCUT2D eigenvalue weighted by atomic mass is 10.1. The van der Waals surface area contributed by atoms with Crippen molar-refractivity contribution in [2.45, 2.75) is 43.9 Å². The molecule has 27 heavy (non-hydrogen) atoms. The molecule has 1 aliphatic heterocycles. The first-order valence-electron chi connectivity index (χ1n) is 9.00. The van der Waals surface area contributed by atoms with E-state index in [1.165, 1.54) is 7.11 Å². The Labute approximate surface area is 159 Å². The molecule has 2 aromatic carbocycles. The van der Waals surface area contributed by atoms with Gasteiger partial charge in [0.1, 0.15) is 24.4 Å². The molecule has 0 bridgehead atoms. The molecule has 3 rings (SSSR count). The first-order valence-corrected chi connectivity index (χ1v) is 9.00. The third kappa shape index (κ3) is 5.35. The molecular weight excluding hydrogens is 348 g/mol. The van der Waals surface area contributed by atoms with Crippen LogP contribution in [-0.2, 0) is 32.2 Å². The normalized spacial score (nSPS) is 26.2. The molecule has 6 nitrogen and oxygen atoms in total.